The standard InChI is InChI=1S/C19H14ClF2N3O/c20-15-4-2-1-3-12(15)10-24-19(26)18-8-6-14(11-23-18)25-13-5-7-16(21)17(22)9-13/h1-9,11,25H,10H2,(H,24,26). The highest BCUT2D eigenvalue weighted by Crippen LogP contribution is 2.19. The molecular weight excluding hydrogens is 360 g/mol. The second kappa shape index (κ2) is 7.93. The molecule has 3 aromatic rings. The third-order valence-corrected chi connectivity index (χ3v) is 3.97. The molecule has 0 atom stereocenters. The van der Waals surface area contributed by atoms with Gasteiger partial charge in [-0.3, -0.25) is 4.79 Å². The molecule has 0 aliphatic carbocycles. The van der Waals surface area contributed by atoms with Gasteiger partial charge in [0.25, 0.3) is 5.91 Å². The normalized spacial score (nSPS) is 10.4. The Morgan fingerprint density at radius 2 is 1.77 bits per heavy atom. The van der Waals surface area contributed by atoms with Gasteiger partial charge >= 0.3 is 0 Å². The molecule has 2 aromatic carbocycles. The van der Waals surface area contributed by atoms with Gasteiger partial charge in [0.1, 0.15) is 5.69 Å². The SMILES string of the molecule is O=C(NCc1ccccc1Cl)c1ccc(Nc2ccc(F)c(F)c2)cn1. The van der Waals surface area contributed by atoms with E-state index in [0.717, 1.165) is 17.7 Å². The summed E-state index contributed by atoms with van der Waals surface area (Å²) in [5, 5.41) is 6.20. The first-order chi connectivity index (χ1) is 12.5. The van der Waals surface area contributed by atoms with Crippen LogP contribution >= 0.6 is 11.6 Å². The van der Waals surface area contributed by atoms with E-state index in [-0.39, 0.29) is 18.1 Å². The molecule has 1 heterocycles. The Morgan fingerprint density at radius 3 is 2.46 bits per heavy atom. The number of carbonyl (C=O) groups is 1. The summed E-state index contributed by atoms with van der Waals surface area (Å²) >= 11 is 6.05. The number of amides is 1. The van der Waals surface area contributed by atoms with Gasteiger partial charge in [-0.05, 0) is 35.9 Å². The minimum atomic E-state index is -0.946. The summed E-state index contributed by atoms with van der Waals surface area (Å²) in [6, 6.07) is 13.9. The molecule has 132 valence electrons. The fraction of sp³-hybridized carbons (Fsp3) is 0.0526. The van der Waals surface area contributed by atoms with Crippen LogP contribution in [0, 0.1) is 11.6 Å². The van der Waals surface area contributed by atoms with E-state index in [9.17, 15) is 13.6 Å². The van der Waals surface area contributed by atoms with Crippen molar-refractivity contribution in [2.24, 2.45) is 0 Å². The molecule has 0 aliphatic rings. The highest BCUT2D eigenvalue weighted by Gasteiger charge is 2.09. The first kappa shape index (κ1) is 17.8. The number of anilines is 2. The highest BCUT2D eigenvalue weighted by molar-refractivity contribution is 6.31. The van der Waals surface area contributed by atoms with Gasteiger partial charge in [-0.1, -0.05) is 29.8 Å². The summed E-state index contributed by atoms with van der Waals surface area (Å²) in [7, 11) is 0. The van der Waals surface area contributed by atoms with E-state index in [0.29, 0.717) is 16.4 Å². The Labute approximate surface area is 153 Å². The number of hydrogen-bond donors (Lipinski definition) is 2. The van der Waals surface area contributed by atoms with Crippen LogP contribution in [0.5, 0.6) is 0 Å². The third kappa shape index (κ3) is 4.34. The maximum Gasteiger partial charge on any atom is 0.270 e. The number of nitrogens with zero attached hydrogens (tertiary/aromatic N) is 1. The van der Waals surface area contributed by atoms with Gasteiger partial charge in [0.05, 0.1) is 11.9 Å². The molecule has 0 radical (unpaired) electrons. The van der Waals surface area contributed by atoms with Crippen molar-refractivity contribution in [3.63, 3.8) is 0 Å². The molecule has 0 unspecified atom stereocenters. The van der Waals surface area contributed by atoms with Crippen LogP contribution in [-0.2, 0) is 6.54 Å². The van der Waals surface area contributed by atoms with E-state index in [1.54, 1.807) is 12.1 Å². The topological polar surface area (TPSA) is 54.0 Å². The first-order valence-electron chi connectivity index (χ1n) is 7.72. The molecule has 0 aliphatic heterocycles. The van der Waals surface area contributed by atoms with Gasteiger partial charge in [-0.25, -0.2) is 13.8 Å². The number of pyridine rings is 1. The maximum absolute atomic E-state index is 13.2. The van der Waals surface area contributed by atoms with Crippen LogP contribution in [0.15, 0.2) is 60.8 Å². The highest BCUT2D eigenvalue weighted by atomic mass is 35.5. The van der Waals surface area contributed by atoms with Crippen LogP contribution in [0.4, 0.5) is 20.2 Å². The number of nitrogens with one attached hydrogen (secondary N) is 2. The molecule has 0 spiro atoms. The summed E-state index contributed by atoms with van der Waals surface area (Å²) in [6.07, 6.45) is 1.44. The Balaban J connectivity index is 1.62. The minimum Gasteiger partial charge on any atom is -0.354 e. The summed E-state index contributed by atoms with van der Waals surface area (Å²) in [4.78, 5) is 16.2. The van der Waals surface area contributed by atoms with E-state index < -0.39 is 11.6 Å². The molecule has 3 rings (SSSR count). The Hall–Kier alpha value is -2.99. The summed E-state index contributed by atoms with van der Waals surface area (Å²) in [6.45, 7) is 0.287. The van der Waals surface area contributed by atoms with Crippen molar-refractivity contribution in [2.45, 2.75) is 6.54 Å². The van der Waals surface area contributed by atoms with Crippen LogP contribution in [0.25, 0.3) is 0 Å². The zero-order valence-corrected chi connectivity index (χ0v) is 14.2. The Morgan fingerprint density at radius 1 is 1.00 bits per heavy atom. The quantitative estimate of drug-likeness (QED) is 0.682. The average molecular weight is 374 g/mol. The van der Waals surface area contributed by atoms with Crippen molar-refractivity contribution in [1.82, 2.24) is 10.3 Å². The Kier molecular flexibility index (Phi) is 5.43. The number of rotatable bonds is 5. The van der Waals surface area contributed by atoms with Crippen molar-refractivity contribution in [1.29, 1.82) is 0 Å². The van der Waals surface area contributed by atoms with Gasteiger partial charge in [-0.2, -0.15) is 0 Å². The molecule has 1 amide bonds. The zero-order chi connectivity index (χ0) is 18.5. The van der Waals surface area contributed by atoms with Crippen molar-refractivity contribution < 1.29 is 13.6 Å². The van der Waals surface area contributed by atoms with Gasteiger partial charge in [0.2, 0.25) is 0 Å². The summed E-state index contributed by atoms with van der Waals surface area (Å²) in [5.41, 5.74) is 1.95. The first-order valence-corrected chi connectivity index (χ1v) is 8.10. The fourth-order valence-corrected chi connectivity index (χ4v) is 2.45. The Bertz CT molecular complexity index is 932. The number of aromatic nitrogens is 1. The van der Waals surface area contributed by atoms with Crippen molar-refractivity contribution >= 4 is 28.9 Å². The van der Waals surface area contributed by atoms with Gasteiger partial charge < -0.3 is 10.6 Å². The molecule has 0 saturated heterocycles. The largest absolute Gasteiger partial charge is 0.354 e. The van der Waals surface area contributed by atoms with Crippen LogP contribution in [0.3, 0.4) is 0 Å². The van der Waals surface area contributed by atoms with Crippen LogP contribution in [0.1, 0.15) is 16.1 Å². The zero-order valence-electron chi connectivity index (χ0n) is 13.5. The lowest BCUT2D eigenvalue weighted by atomic mass is 10.2. The molecule has 0 saturated carbocycles. The lowest BCUT2D eigenvalue weighted by Crippen LogP contribution is -2.23. The van der Waals surface area contributed by atoms with E-state index in [2.05, 4.69) is 15.6 Å². The molecule has 4 nitrogen and oxygen atoms in total. The third-order valence-electron chi connectivity index (χ3n) is 3.60. The summed E-state index contributed by atoms with van der Waals surface area (Å²) in [5.74, 6) is -2.21. The molecular formula is C19H14ClF2N3O. The molecule has 26 heavy (non-hydrogen) atoms. The van der Waals surface area contributed by atoms with E-state index in [4.69, 9.17) is 11.6 Å². The molecule has 7 heteroatoms. The van der Waals surface area contributed by atoms with E-state index in [1.807, 2.05) is 18.2 Å². The molecule has 1 aromatic heterocycles. The van der Waals surface area contributed by atoms with Crippen molar-refractivity contribution in [3.8, 4) is 0 Å². The second-order valence-electron chi connectivity index (χ2n) is 5.46. The molecule has 0 fully saturated rings. The maximum atomic E-state index is 13.2. The van der Waals surface area contributed by atoms with E-state index in [1.165, 1.54) is 18.3 Å². The second-order valence-corrected chi connectivity index (χ2v) is 5.87. The van der Waals surface area contributed by atoms with E-state index >= 15 is 0 Å². The average Bonchev–Trinajstić information content (AvgIpc) is 2.64. The van der Waals surface area contributed by atoms with Crippen LogP contribution < -0.4 is 10.6 Å². The van der Waals surface area contributed by atoms with Crippen LogP contribution in [-0.4, -0.2) is 10.9 Å². The number of carbonyl (C=O) groups excluding carboxylic acids is 1. The fourth-order valence-electron chi connectivity index (χ4n) is 2.25. The minimum absolute atomic E-state index is 0.230. The lowest BCUT2D eigenvalue weighted by Gasteiger charge is -2.09. The predicted molar refractivity (Wildman–Crippen MR) is 96.5 cm³/mol. The van der Waals surface area contributed by atoms with Crippen molar-refractivity contribution in [3.05, 3.63) is 88.7 Å². The van der Waals surface area contributed by atoms with Crippen LogP contribution in [0.2, 0.25) is 5.02 Å². The molecule has 0 bridgehead atoms. The predicted octanol–water partition coefficient (Wildman–Crippen LogP) is 4.69. The van der Waals surface area contributed by atoms with Gasteiger partial charge in [0.15, 0.2) is 11.6 Å². The monoisotopic (exact) mass is 373 g/mol. The number of hydrogen-bond acceptors (Lipinski definition) is 3. The van der Waals surface area contributed by atoms with Crippen molar-refractivity contribution in [2.75, 3.05) is 5.32 Å². The summed E-state index contributed by atoms with van der Waals surface area (Å²) < 4.78 is 26.1. The molecule has 2 N–H and O–H groups in total. The van der Waals surface area contributed by atoms with Gasteiger partial charge in [0, 0.05) is 23.3 Å². The number of benzene rings is 2. The lowest BCUT2D eigenvalue weighted by molar-refractivity contribution is 0.0946. The van der Waals surface area contributed by atoms with Gasteiger partial charge in [-0.15, -0.1) is 0 Å². The number of halogens is 3. The smallest absolute Gasteiger partial charge is 0.270 e.